The van der Waals surface area contributed by atoms with Crippen LogP contribution in [0.1, 0.15) is 21.9 Å². The molecule has 124 valence electrons. The fourth-order valence-corrected chi connectivity index (χ4v) is 2.92. The Labute approximate surface area is 147 Å². The first-order valence-corrected chi connectivity index (χ1v) is 8.36. The van der Waals surface area contributed by atoms with Crippen molar-refractivity contribution in [3.8, 4) is 17.1 Å². The molecule has 8 heteroatoms. The van der Waals surface area contributed by atoms with Crippen molar-refractivity contribution in [1.82, 2.24) is 9.36 Å². The Kier molecular flexibility index (Phi) is 4.82. The number of nitrogens with zero attached hydrogens (tertiary/aromatic N) is 2. The number of alkyl halides is 1. The van der Waals surface area contributed by atoms with E-state index in [4.69, 9.17) is 20.8 Å². The number of halogens is 1. The number of rotatable bonds is 5. The van der Waals surface area contributed by atoms with Gasteiger partial charge in [-0.3, -0.25) is 10.1 Å². The molecule has 0 spiro atoms. The molecule has 0 aliphatic carbocycles. The first-order chi connectivity index (χ1) is 11.6. The lowest BCUT2D eigenvalue weighted by molar-refractivity contribution is 0.102. The summed E-state index contributed by atoms with van der Waals surface area (Å²) < 4.78 is 14.9. The molecule has 0 saturated heterocycles. The normalized spacial score (nSPS) is 10.6. The van der Waals surface area contributed by atoms with E-state index in [1.807, 2.05) is 24.3 Å². The zero-order chi connectivity index (χ0) is 17.1. The van der Waals surface area contributed by atoms with Gasteiger partial charge in [0.2, 0.25) is 5.13 Å². The van der Waals surface area contributed by atoms with Gasteiger partial charge in [-0.05, 0) is 25.1 Å². The molecule has 1 N–H and O–H groups in total. The fourth-order valence-electron chi connectivity index (χ4n) is 2.15. The molecule has 0 bridgehead atoms. The Morgan fingerprint density at radius 2 is 2.25 bits per heavy atom. The molecule has 24 heavy (non-hydrogen) atoms. The van der Waals surface area contributed by atoms with Gasteiger partial charge in [0.25, 0.3) is 5.91 Å². The van der Waals surface area contributed by atoms with Crippen molar-refractivity contribution in [2.45, 2.75) is 12.8 Å². The Bertz CT molecular complexity index is 875. The van der Waals surface area contributed by atoms with E-state index in [-0.39, 0.29) is 11.8 Å². The van der Waals surface area contributed by atoms with Crippen molar-refractivity contribution in [3.05, 3.63) is 47.5 Å². The smallest absolute Gasteiger partial charge is 0.261 e. The van der Waals surface area contributed by atoms with Gasteiger partial charge in [-0.2, -0.15) is 4.37 Å². The topological polar surface area (TPSA) is 77.2 Å². The molecular weight excluding hydrogens is 350 g/mol. The van der Waals surface area contributed by atoms with Gasteiger partial charge >= 0.3 is 0 Å². The number of furan rings is 1. The number of aryl methyl sites for hydroxylation is 1. The van der Waals surface area contributed by atoms with E-state index < -0.39 is 0 Å². The van der Waals surface area contributed by atoms with Gasteiger partial charge in [0.15, 0.2) is 5.82 Å². The van der Waals surface area contributed by atoms with Crippen LogP contribution in [-0.4, -0.2) is 22.4 Å². The molecule has 1 aromatic carbocycles. The highest BCUT2D eigenvalue weighted by molar-refractivity contribution is 7.09. The number of carbonyl (C=O) groups excluding carboxylic acids is 1. The number of anilines is 1. The number of ether oxygens (including phenoxy) is 1. The number of hydrogen-bond acceptors (Lipinski definition) is 6. The first kappa shape index (κ1) is 16.5. The van der Waals surface area contributed by atoms with Crippen LogP contribution in [0.4, 0.5) is 5.13 Å². The monoisotopic (exact) mass is 363 g/mol. The largest absolute Gasteiger partial charge is 0.497 e. The molecule has 6 nitrogen and oxygen atoms in total. The van der Waals surface area contributed by atoms with Crippen LogP contribution in [0.3, 0.4) is 0 Å². The molecule has 3 aromatic rings. The summed E-state index contributed by atoms with van der Waals surface area (Å²) in [5.74, 6) is 2.22. The van der Waals surface area contributed by atoms with E-state index in [1.54, 1.807) is 20.1 Å². The third-order valence-electron chi connectivity index (χ3n) is 3.32. The van der Waals surface area contributed by atoms with Crippen molar-refractivity contribution < 1.29 is 13.9 Å². The molecule has 0 atom stereocenters. The minimum atomic E-state index is -0.303. The Morgan fingerprint density at radius 3 is 2.96 bits per heavy atom. The van der Waals surface area contributed by atoms with Crippen LogP contribution >= 0.6 is 23.1 Å². The van der Waals surface area contributed by atoms with Crippen LogP contribution in [0, 0.1) is 6.92 Å². The molecule has 2 aromatic heterocycles. The lowest BCUT2D eigenvalue weighted by atomic mass is 10.1. The van der Waals surface area contributed by atoms with E-state index in [2.05, 4.69) is 14.7 Å². The number of methoxy groups -OCH3 is 1. The summed E-state index contributed by atoms with van der Waals surface area (Å²) in [5.41, 5.74) is 1.27. The van der Waals surface area contributed by atoms with Crippen LogP contribution in [0.2, 0.25) is 0 Å². The summed E-state index contributed by atoms with van der Waals surface area (Å²) in [7, 11) is 1.60. The van der Waals surface area contributed by atoms with E-state index in [0.717, 1.165) is 22.8 Å². The molecule has 0 fully saturated rings. The van der Waals surface area contributed by atoms with E-state index in [1.165, 1.54) is 0 Å². The highest BCUT2D eigenvalue weighted by Crippen LogP contribution is 2.28. The third kappa shape index (κ3) is 3.42. The second-order valence-electron chi connectivity index (χ2n) is 4.92. The predicted octanol–water partition coefficient (Wildman–Crippen LogP) is 4.11. The van der Waals surface area contributed by atoms with Crippen LogP contribution in [0.25, 0.3) is 11.3 Å². The second-order valence-corrected chi connectivity index (χ2v) is 5.94. The quantitative estimate of drug-likeness (QED) is 0.690. The maximum Gasteiger partial charge on any atom is 0.261 e. The maximum atomic E-state index is 12.4. The lowest BCUT2D eigenvalue weighted by Crippen LogP contribution is -2.11. The highest BCUT2D eigenvalue weighted by atomic mass is 35.5. The minimum Gasteiger partial charge on any atom is -0.497 e. The molecule has 0 radical (unpaired) electrons. The van der Waals surface area contributed by atoms with Crippen LogP contribution in [-0.2, 0) is 5.88 Å². The molecule has 2 heterocycles. The molecule has 3 rings (SSSR count). The van der Waals surface area contributed by atoms with Gasteiger partial charge in [-0.15, -0.1) is 11.6 Å². The number of carbonyl (C=O) groups is 1. The number of amides is 1. The summed E-state index contributed by atoms with van der Waals surface area (Å²) >= 11 is 6.75. The first-order valence-electron chi connectivity index (χ1n) is 7.05. The Hall–Kier alpha value is -2.38. The van der Waals surface area contributed by atoms with Crippen molar-refractivity contribution in [1.29, 1.82) is 0 Å². The van der Waals surface area contributed by atoms with Crippen LogP contribution < -0.4 is 10.1 Å². The zero-order valence-corrected chi connectivity index (χ0v) is 14.6. The number of hydrogen-bond donors (Lipinski definition) is 1. The number of nitrogens with one attached hydrogen (secondary N) is 1. The standard InChI is InChI=1S/C16H14ClN3O3S/c1-9-12(15(21)19-16-18-14(8-17)20-24-16)7-13(23-9)10-4-3-5-11(6-10)22-2/h3-7H,8H2,1-2H3,(H,18,19,20,21). The Morgan fingerprint density at radius 1 is 1.42 bits per heavy atom. The Balaban J connectivity index is 1.83. The fraction of sp³-hybridized carbons (Fsp3) is 0.188. The molecular formula is C16H14ClN3O3S. The van der Waals surface area contributed by atoms with E-state index in [0.29, 0.717) is 28.0 Å². The van der Waals surface area contributed by atoms with Gasteiger partial charge in [-0.1, -0.05) is 12.1 Å². The summed E-state index contributed by atoms with van der Waals surface area (Å²) in [6.45, 7) is 1.74. The molecule has 0 aliphatic heterocycles. The second kappa shape index (κ2) is 7.02. The van der Waals surface area contributed by atoms with E-state index in [9.17, 15) is 4.79 Å². The van der Waals surface area contributed by atoms with Crippen molar-refractivity contribution in [3.63, 3.8) is 0 Å². The van der Waals surface area contributed by atoms with E-state index >= 15 is 0 Å². The molecule has 0 unspecified atom stereocenters. The number of aromatic nitrogens is 2. The summed E-state index contributed by atoms with van der Waals surface area (Å²) in [6, 6.07) is 9.14. The van der Waals surface area contributed by atoms with Crippen molar-refractivity contribution >= 4 is 34.2 Å². The van der Waals surface area contributed by atoms with Crippen molar-refractivity contribution in [2.24, 2.45) is 0 Å². The van der Waals surface area contributed by atoms with Gasteiger partial charge in [-0.25, -0.2) is 4.98 Å². The molecule has 1 amide bonds. The SMILES string of the molecule is COc1cccc(-c2cc(C(=O)Nc3nc(CCl)ns3)c(C)o2)c1. The van der Waals surface area contributed by atoms with Crippen molar-refractivity contribution in [2.75, 3.05) is 12.4 Å². The zero-order valence-electron chi connectivity index (χ0n) is 13.0. The molecule has 0 saturated carbocycles. The summed E-state index contributed by atoms with van der Waals surface area (Å²) in [5, 5.41) is 3.11. The molecule has 0 aliphatic rings. The number of benzene rings is 1. The summed E-state index contributed by atoms with van der Waals surface area (Å²) in [4.78, 5) is 16.5. The lowest BCUT2D eigenvalue weighted by Gasteiger charge is -2.01. The average molecular weight is 364 g/mol. The summed E-state index contributed by atoms with van der Waals surface area (Å²) in [6.07, 6.45) is 0. The van der Waals surface area contributed by atoms with Gasteiger partial charge in [0.05, 0.1) is 18.6 Å². The highest BCUT2D eigenvalue weighted by Gasteiger charge is 2.18. The van der Waals surface area contributed by atoms with Gasteiger partial charge in [0.1, 0.15) is 17.3 Å². The maximum absolute atomic E-state index is 12.4. The predicted molar refractivity (Wildman–Crippen MR) is 92.9 cm³/mol. The minimum absolute atomic E-state index is 0.205. The van der Waals surface area contributed by atoms with Gasteiger partial charge in [0, 0.05) is 17.1 Å². The van der Waals surface area contributed by atoms with Crippen LogP contribution in [0.15, 0.2) is 34.7 Å². The average Bonchev–Trinajstić information content (AvgIpc) is 3.21. The van der Waals surface area contributed by atoms with Gasteiger partial charge < -0.3 is 9.15 Å². The van der Waals surface area contributed by atoms with Crippen LogP contribution in [0.5, 0.6) is 5.75 Å². The third-order valence-corrected chi connectivity index (χ3v) is 4.23.